The van der Waals surface area contributed by atoms with Gasteiger partial charge in [0.05, 0.1) is 18.8 Å². The Morgan fingerprint density at radius 1 is 1.14 bits per heavy atom. The second-order valence-electron chi connectivity index (χ2n) is 7.93. The van der Waals surface area contributed by atoms with E-state index in [9.17, 15) is 10.0 Å². The van der Waals surface area contributed by atoms with Crippen LogP contribution in [0.1, 0.15) is 42.4 Å². The minimum Gasteiger partial charge on any atom is -0.380 e. The number of hydrogen-bond donors (Lipinski definition) is 2. The quantitative estimate of drug-likeness (QED) is 0.798. The summed E-state index contributed by atoms with van der Waals surface area (Å²) in [6.45, 7) is 1.64. The summed E-state index contributed by atoms with van der Waals surface area (Å²) in [6, 6.07) is 16.2. The largest absolute Gasteiger partial charge is 0.380 e. The zero-order valence-corrected chi connectivity index (χ0v) is 15.8. The van der Waals surface area contributed by atoms with Gasteiger partial charge in [-0.1, -0.05) is 42.5 Å². The number of hydroxylamine groups is 1. The van der Waals surface area contributed by atoms with Crippen molar-refractivity contribution in [1.82, 2.24) is 5.48 Å². The molecule has 1 amide bonds. The molecule has 2 aromatic carbocycles. The molecular weight excluding hydrogens is 352 g/mol. The van der Waals surface area contributed by atoms with E-state index in [1.807, 2.05) is 47.4 Å². The van der Waals surface area contributed by atoms with Crippen LogP contribution in [0.2, 0.25) is 0 Å². The van der Waals surface area contributed by atoms with Crippen molar-refractivity contribution in [1.29, 1.82) is 0 Å². The molecule has 0 radical (unpaired) electrons. The lowest BCUT2D eigenvalue weighted by atomic mass is 9.81. The normalized spacial score (nSPS) is 23.1. The number of benzene rings is 2. The van der Waals surface area contributed by atoms with Gasteiger partial charge < -0.3 is 9.64 Å². The Labute approximate surface area is 164 Å². The van der Waals surface area contributed by atoms with Crippen LogP contribution in [0.4, 0.5) is 5.69 Å². The minimum atomic E-state index is -0.515. The van der Waals surface area contributed by atoms with E-state index < -0.39 is 5.41 Å². The number of carbonyl (C=O) groups is 1. The van der Waals surface area contributed by atoms with Gasteiger partial charge in [-0.25, -0.2) is 0 Å². The van der Waals surface area contributed by atoms with E-state index in [0.29, 0.717) is 19.8 Å². The highest BCUT2D eigenvalue weighted by Crippen LogP contribution is 2.47. The summed E-state index contributed by atoms with van der Waals surface area (Å²) in [5.74, 6) is 0.143. The van der Waals surface area contributed by atoms with Crippen LogP contribution < -0.4 is 10.4 Å². The molecule has 1 saturated heterocycles. The molecule has 144 valence electrons. The number of nitrogens with one attached hydrogen (secondary N) is 1. The Morgan fingerprint density at radius 2 is 1.93 bits per heavy atom. The van der Waals surface area contributed by atoms with E-state index in [0.717, 1.165) is 47.3 Å². The van der Waals surface area contributed by atoms with E-state index in [-0.39, 0.29) is 5.91 Å². The maximum atomic E-state index is 13.3. The van der Waals surface area contributed by atoms with Gasteiger partial charge in [-0.3, -0.25) is 15.5 Å². The molecule has 1 unspecified atom stereocenters. The third kappa shape index (κ3) is 2.58. The summed E-state index contributed by atoms with van der Waals surface area (Å²) < 4.78 is 5.62. The van der Waals surface area contributed by atoms with Crippen molar-refractivity contribution < 1.29 is 14.7 Å². The fraction of sp³-hybridized carbons (Fsp3) is 0.348. The van der Waals surface area contributed by atoms with Crippen molar-refractivity contribution in [2.75, 3.05) is 18.1 Å². The number of nitrogens with zero attached hydrogens (tertiary/aromatic N) is 1. The van der Waals surface area contributed by atoms with Gasteiger partial charge in [0.2, 0.25) is 5.91 Å². The highest BCUT2D eigenvalue weighted by Gasteiger charge is 2.52. The van der Waals surface area contributed by atoms with Gasteiger partial charge in [0, 0.05) is 12.3 Å². The van der Waals surface area contributed by atoms with Crippen LogP contribution in [0.15, 0.2) is 54.1 Å². The molecule has 1 aliphatic carbocycles. The lowest BCUT2D eigenvalue weighted by molar-refractivity contribution is -0.123. The molecule has 3 aliphatic rings. The Kier molecular flexibility index (Phi) is 4.22. The molecule has 0 bridgehead atoms. The van der Waals surface area contributed by atoms with Crippen LogP contribution in [0.5, 0.6) is 0 Å². The van der Waals surface area contributed by atoms with Crippen LogP contribution >= 0.6 is 0 Å². The summed E-state index contributed by atoms with van der Waals surface area (Å²) in [5, 5.41) is 9.50. The fourth-order valence-electron chi connectivity index (χ4n) is 4.61. The standard InChI is InChI=1S/C23H24N2O3/c26-22-23(12-13-28-15-23)19-6-1-2-7-20(19)25(22)14-16-8-10-18(11-9-16)21(24-27)17-4-3-5-17/h1-2,6-11,24,27H,3-5,12-15H2. The van der Waals surface area contributed by atoms with Crippen LogP contribution in [-0.2, 0) is 21.5 Å². The molecule has 2 aliphatic heterocycles. The summed E-state index contributed by atoms with van der Waals surface area (Å²) in [7, 11) is 0. The summed E-state index contributed by atoms with van der Waals surface area (Å²) in [5.41, 5.74) is 8.08. The van der Waals surface area contributed by atoms with Crippen LogP contribution in [0, 0.1) is 0 Å². The van der Waals surface area contributed by atoms with Crippen LogP contribution in [-0.4, -0.2) is 24.3 Å². The molecule has 2 aromatic rings. The molecule has 2 N–H and O–H groups in total. The number of allylic oxidation sites excluding steroid dienone is 1. The number of anilines is 1. The van der Waals surface area contributed by atoms with Gasteiger partial charge >= 0.3 is 0 Å². The predicted octanol–water partition coefficient (Wildman–Crippen LogP) is 3.77. The molecule has 1 saturated carbocycles. The van der Waals surface area contributed by atoms with Gasteiger partial charge in [0.15, 0.2) is 0 Å². The van der Waals surface area contributed by atoms with Crippen molar-refractivity contribution >= 4 is 17.3 Å². The predicted molar refractivity (Wildman–Crippen MR) is 107 cm³/mol. The van der Waals surface area contributed by atoms with Gasteiger partial charge in [0.25, 0.3) is 0 Å². The summed E-state index contributed by atoms with van der Waals surface area (Å²) in [4.78, 5) is 15.2. The van der Waals surface area contributed by atoms with Crippen molar-refractivity contribution in [2.45, 2.75) is 37.6 Å². The maximum Gasteiger partial charge on any atom is 0.240 e. The molecule has 28 heavy (non-hydrogen) atoms. The fourth-order valence-corrected chi connectivity index (χ4v) is 4.61. The van der Waals surface area contributed by atoms with E-state index in [1.165, 1.54) is 12.0 Å². The monoisotopic (exact) mass is 376 g/mol. The van der Waals surface area contributed by atoms with E-state index in [4.69, 9.17) is 4.74 Å². The van der Waals surface area contributed by atoms with Crippen molar-refractivity contribution in [2.24, 2.45) is 0 Å². The first-order chi connectivity index (χ1) is 13.7. The Hall–Kier alpha value is -2.63. The molecule has 1 spiro atoms. The number of fused-ring (bicyclic) bond motifs is 2. The van der Waals surface area contributed by atoms with Crippen molar-refractivity contribution in [3.8, 4) is 0 Å². The van der Waals surface area contributed by atoms with Crippen LogP contribution in [0.25, 0.3) is 5.70 Å². The third-order valence-corrected chi connectivity index (χ3v) is 6.39. The number of carbonyl (C=O) groups excluding carboxylic acids is 1. The molecular formula is C23H24N2O3. The summed E-state index contributed by atoms with van der Waals surface area (Å²) >= 11 is 0. The highest BCUT2D eigenvalue weighted by atomic mass is 16.5. The molecule has 0 aromatic heterocycles. The molecule has 5 nitrogen and oxygen atoms in total. The number of amides is 1. The lowest BCUT2D eigenvalue weighted by Crippen LogP contribution is -2.40. The van der Waals surface area contributed by atoms with Gasteiger partial charge in [-0.05, 0) is 54.0 Å². The zero-order valence-electron chi connectivity index (χ0n) is 15.8. The first-order valence-corrected chi connectivity index (χ1v) is 9.94. The molecule has 5 rings (SSSR count). The van der Waals surface area contributed by atoms with Crippen LogP contribution in [0.3, 0.4) is 0 Å². The van der Waals surface area contributed by atoms with E-state index >= 15 is 0 Å². The number of rotatable bonds is 4. The van der Waals surface area contributed by atoms with E-state index in [2.05, 4.69) is 11.5 Å². The van der Waals surface area contributed by atoms with Crippen molar-refractivity contribution in [3.05, 3.63) is 70.8 Å². The van der Waals surface area contributed by atoms with Gasteiger partial charge in [-0.15, -0.1) is 0 Å². The van der Waals surface area contributed by atoms with Gasteiger partial charge in [-0.2, -0.15) is 0 Å². The second-order valence-corrected chi connectivity index (χ2v) is 7.93. The Balaban J connectivity index is 1.43. The maximum absolute atomic E-state index is 13.3. The molecule has 2 fully saturated rings. The highest BCUT2D eigenvalue weighted by molar-refractivity contribution is 6.08. The van der Waals surface area contributed by atoms with Gasteiger partial charge in [0.1, 0.15) is 5.41 Å². The third-order valence-electron chi connectivity index (χ3n) is 6.39. The zero-order chi connectivity index (χ0) is 19.1. The Bertz CT molecular complexity index is 937. The molecule has 5 heteroatoms. The topological polar surface area (TPSA) is 61.8 Å². The Morgan fingerprint density at radius 3 is 2.57 bits per heavy atom. The second kappa shape index (κ2) is 6.76. The first-order valence-electron chi connectivity index (χ1n) is 9.94. The lowest BCUT2D eigenvalue weighted by Gasteiger charge is -2.23. The number of para-hydroxylation sites is 1. The SMILES string of the molecule is O=C1N(Cc2ccc(C(NO)=C3CCC3)cc2)c2ccccc2C12CCOC2. The molecule has 2 heterocycles. The minimum absolute atomic E-state index is 0.143. The summed E-state index contributed by atoms with van der Waals surface area (Å²) in [6.07, 6.45) is 4.00. The average molecular weight is 376 g/mol. The smallest absolute Gasteiger partial charge is 0.240 e. The number of hydrogen-bond acceptors (Lipinski definition) is 4. The average Bonchev–Trinajstić information content (AvgIpc) is 3.27. The van der Waals surface area contributed by atoms with Crippen molar-refractivity contribution in [3.63, 3.8) is 0 Å². The first kappa shape index (κ1) is 17.5. The molecule has 1 atom stereocenters. The van der Waals surface area contributed by atoms with E-state index in [1.54, 1.807) is 0 Å². The number of ether oxygens (including phenoxy) is 1.